The molecule has 1 aromatic rings. The van der Waals surface area contributed by atoms with Crippen molar-refractivity contribution in [1.82, 2.24) is 10.6 Å². The molecule has 23 heavy (non-hydrogen) atoms. The predicted octanol–water partition coefficient (Wildman–Crippen LogP) is 5.21. The number of benzene rings is 1. The van der Waals surface area contributed by atoms with Gasteiger partial charge in [0.25, 0.3) is 0 Å². The highest BCUT2D eigenvalue weighted by molar-refractivity contribution is 6.48. The normalized spacial score (nSPS) is 14.3. The van der Waals surface area contributed by atoms with Crippen molar-refractivity contribution in [3.8, 4) is 0 Å². The number of rotatable bonds is 5. The zero-order valence-electron chi connectivity index (χ0n) is 14.0. The average Bonchev–Trinajstić information content (AvgIpc) is 2.40. The Kier molecular flexibility index (Phi) is 7.46. The highest BCUT2D eigenvalue weighted by Crippen LogP contribution is 2.35. The van der Waals surface area contributed by atoms with Gasteiger partial charge in [-0.2, -0.15) is 0 Å². The van der Waals surface area contributed by atoms with Crippen LogP contribution in [0.5, 0.6) is 0 Å². The number of alkyl carbamates (subject to hydrolysis) is 1. The van der Waals surface area contributed by atoms with Gasteiger partial charge in [0.15, 0.2) is 0 Å². The molecule has 1 aromatic carbocycles. The SMILES string of the molecule is CC(CNC(C)c1ccc(Cl)c(Cl)c1Cl)NC(=O)OC(C)(C)C. The van der Waals surface area contributed by atoms with Crippen molar-refractivity contribution in [3.05, 3.63) is 32.8 Å². The van der Waals surface area contributed by atoms with Crippen molar-refractivity contribution in [2.45, 2.75) is 52.3 Å². The monoisotopic (exact) mass is 380 g/mol. The van der Waals surface area contributed by atoms with E-state index < -0.39 is 11.7 Å². The van der Waals surface area contributed by atoms with Crippen LogP contribution in [-0.2, 0) is 4.74 Å². The third-order valence-corrected chi connectivity index (χ3v) is 4.33. The number of carbonyl (C=O) groups excluding carboxylic acids is 1. The van der Waals surface area contributed by atoms with Crippen LogP contribution in [-0.4, -0.2) is 24.3 Å². The molecule has 7 heteroatoms. The van der Waals surface area contributed by atoms with Gasteiger partial charge in [-0.15, -0.1) is 0 Å². The molecule has 0 spiro atoms. The molecule has 0 fully saturated rings. The Morgan fingerprint density at radius 2 is 1.78 bits per heavy atom. The van der Waals surface area contributed by atoms with Crippen LogP contribution in [0.3, 0.4) is 0 Å². The van der Waals surface area contributed by atoms with Gasteiger partial charge in [0.2, 0.25) is 0 Å². The quantitative estimate of drug-likeness (QED) is 0.688. The van der Waals surface area contributed by atoms with Crippen molar-refractivity contribution in [2.24, 2.45) is 0 Å². The van der Waals surface area contributed by atoms with E-state index in [4.69, 9.17) is 39.5 Å². The van der Waals surface area contributed by atoms with Gasteiger partial charge >= 0.3 is 6.09 Å². The van der Waals surface area contributed by atoms with Gasteiger partial charge in [-0.3, -0.25) is 0 Å². The third-order valence-electron chi connectivity index (χ3n) is 3.02. The second-order valence-corrected chi connectivity index (χ2v) is 7.60. The summed E-state index contributed by atoms with van der Waals surface area (Å²) in [6.45, 7) is 9.88. The van der Waals surface area contributed by atoms with E-state index in [1.54, 1.807) is 6.07 Å². The summed E-state index contributed by atoms with van der Waals surface area (Å²) in [4.78, 5) is 11.7. The first-order chi connectivity index (χ1) is 10.5. The molecule has 2 N–H and O–H groups in total. The second kappa shape index (κ2) is 8.43. The molecule has 130 valence electrons. The van der Waals surface area contributed by atoms with Crippen molar-refractivity contribution in [3.63, 3.8) is 0 Å². The maximum absolute atomic E-state index is 11.7. The number of carbonyl (C=O) groups is 1. The number of hydrogen-bond acceptors (Lipinski definition) is 3. The van der Waals surface area contributed by atoms with Crippen molar-refractivity contribution in [2.75, 3.05) is 6.54 Å². The van der Waals surface area contributed by atoms with Crippen LogP contribution in [0, 0.1) is 0 Å². The summed E-state index contributed by atoms with van der Waals surface area (Å²) in [6.07, 6.45) is -0.438. The number of nitrogens with one attached hydrogen (secondary N) is 2. The van der Waals surface area contributed by atoms with Crippen LogP contribution in [0.2, 0.25) is 15.1 Å². The average molecular weight is 382 g/mol. The Balaban J connectivity index is 2.55. The van der Waals surface area contributed by atoms with Gasteiger partial charge in [-0.05, 0) is 46.2 Å². The molecule has 1 amide bonds. The molecular weight excluding hydrogens is 359 g/mol. The molecule has 1 rings (SSSR count). The molecule has 2 unspecified atom stereocenters. The van der Waals surface area contributed by atoms with Gasteiger partial charge in [0.05, 0.1) is 15.1 Å². The standard InChI is InChI=1S/C16H23Cl3N2O2/c1-9(21-15(22)23-16(3,4)5)8-20-10(2)11-6-7-12(17)14(19)13(11)18/h6-7,9-10,20H,8H2,1-5H3,(H,21,22). The summed E-state index contributed by atoms with van der Waals surface area (Å²) < 4.78 is 5.22. The van der Waals surface area contributed by atoms with E-state index in [9.17, 15) is 4.79 Å². The zero-order valence-corrected chi connectivity index (χ0v) is 16.2. The highest BCUT2D eigenvalue weighted by Gasteiger charge is 2.19. The van der Waals surface area contributed by atoms with E-state index in [0.29, 0.717) is 21.6 Å². The summed E-state index contributed by atoms with van der Waals surface area (Å²) in [7, 11) is 0. The Morgan fingerprint density at radius 1 is 1.17 bits per heavy atom. The van der Waals surface area contributed by atoms with Gasteiger partial charge in [0, 0.05) is 18.6 Å². The Morgan fingerprint density at radius 3 is 2.35 bits per heavy atom. The fraction of sp³-hybridized carbons (Fsp3) is 0.562. The minimum atomic E-state index is -0.516. The van der Waals surface area contributed by atoms with Gasteiger partial charge in [0.1, 0.15) is 5.60 Å². The Bertz CT molecular complexity index is 559. The van der Waals surface area contributed by atoms with Crippen LogP contribution in [0.1, 0.15) is 46.2 Å². The summed E-state index contributed by atoms with van der Waals surface area (Å²) in [5, 5.41) is 7.28. The fourth-order valence-electron chi connectivity index (χ4n) is 1.90. The molecule has 0 saturated heterocycles. The lowest BCUT2D eigenvalue weighted by atomic mass is 10.1. The summed E-state index contributed by atoms with van der Waals surface area (Å²) in [6, 6.07) is 3.40. The summed E-state index contributed by atoms with van der Waals surface area (Å²) >= 11 is 18.2. The Hall–Kier alpha value is -0.680. The molecule has 4 nitrogen and oxygen atoms in total. The summed E-state index contributed by atoms with van der Waals surface area (Å²) in [5.41, 5.74) is 0.337. The smallest absolute Gasteiger partial charge is 0.407 e. The maximum Gasteiger partial charge on any atom is 0.407 e. The van der Waals surface area contributed by atoms with E-state index in [-0.39, 0.29) is 12.1 Å². The first-order valence-corrected chi connectivity index (χ1v) is 8.51. The maximum atomic E-state index is 11.7. The predicted molar refractivity (Wildman–Crippen MR) is 96.7 cm³/mol. The largest absolute Gasteiger partial charge is 0.444 e. The second-order valence-electron chi connectivity index (χ2n) is 6.44. The number of amides is 1. The van der Waals surface area contributed by atoms with Crippen molar-refractivity contribution >= 4 is 40.9 Å². The van der Waals surface area contributed by atoms with Crippen LogP contribution in [0.15, 0.2) is 12.1 Å². The Labute approximate surface area is 152 Å². The molecule has 0 radical (unpaired) electrons. The molecule has 0 bridgehead atoms. The lowest BCUT2D eigenvalue weighted by Crippen LogP contribution is -2.43. The minimum Gasteiger partial charge on any atom is -0.444 e. The van der Waals surface area contributed by atoms with Gasteiger partial charge in [-0.25, -0.2) is 4.79 Å². The van der Waals surface area contributed by atoms with Crippen molar-refractivity contribution in [1.29, 1.82) is 0 Å². The van der Waals surface area contributed by atoms with Crippen LogP contribution in [0.25, 0.3) is 0 Å². The van der Waals surface area contributed by atoms with Crippen LogP contribution in [0.4, 0.5) is 4.79 Å². The molecular formula is C16H23Cl3N2O2. The van der Waals surface area contributed by atoms with E-state index >= 15 is 0 Å². The summed E-state index contributed by atoms with van der Waals surface area (Å²) in [5.74, 6) is 0. The van der Waals surface area contributed by atoms with E-state index in [1.807, 2.05) is 40.7 Å². The number of ether oxygens (including phenoxy) is 1. The van der Waals surface area contributed by atoms with Crippen LogP contribution >= 0.6 is 34.8 Å². The molecule has 0 heterocycles. The van der Waals surface area contributed by atoms with E-state index in [1.165, 1.54) is 0 Å². The van der Waals surface area contributed by atoms with Gasteiger partial charge < -0.3 is 15.4 Å². The number of halogens is 3. The first kappa shape index (κ1) is 20.4. The van der Waals surface area contributed by atoms with E-state index in [2.05, 4.69) is 10.6 Å². The third kappa shape index (κ3) is 6.76. The van der Waals surface area contributed by atoms with Gasteiger partial charge in [-0.1, -0.05) is 40.9 Å². The molecule has 2 atom stereocenters. The molecule has 0 aliphatic heterocycles. The lowest BCUT2D eigenvalue weighted by Gasteiger charge is -2.23. The molecule has 0 saturated carbocycles. The fourth-order valence-corrected chi connectivity index (χ4v) is 2.60. The minimum absolute atomic E-state index is 0.0415. The molecule has 0 aliphatic carbocycles. The van der Waals surface area contributed by atoms with Crippen molar-refractivity contribution < 1.29 is 9.53 Å². The first-order valence-electron chi connectivity index (χ1n) is 7.37. The molecule has 0 aromatic heterocycles. The lowest BCUT2D eigenvalue weighted by molar-refractivity contribution is 0.0507. The number of hydrogen-bond donors (Lipinski definition) is 2. The molecule has 0 aliphatic rings. The van der Waals surface area contributed by atoms with Crippen LogP contribution < -0.4 is 10.6 Å². The zero-order chi connectivity index (χ0) is 17.8. The van der Waals surface area contributed by atoms with E-state index in [0.717, 1.165) is 5.56 Å². The topological polar surface area (TPSA) is 50.4 Å². The highest BCUT2D eigenvalue weighted by atomic mass is 35.5.